The van der Waals surface area contributed by atoms with E-state index < -0.39 is 0 Å². The van der Waals surface area contributed by atoms with Crippen molar-refractivity contribution in [1.82, 2.24) is 0 Å². The lowest BCUT2D eigenvalue weighted by molar-refractivity contribution is 0.755. The van der Waals surface area contributed by atoms with Gasteiger partial charge in [-0.15, -0.1) is 12.4 Å². The molecular weight excluding hydrogens is 284 g/mol. The summed E-state index contributed by atoms with van der Waals surface area (Å²) < 4.78 is 5.47. The first-order valence-electron chi connectivity index (χ1n) is 5.44. The Morgan fingerprint density at radius 3 is 1.44 bits per heavy atom. The molecule has 96 valence electrons. The normalized spacial score (nSPS) is 9.78. The van der Waals surface area contributed by atoms with Gasteiger partial charge in [-0.1, -0.05) is 60.7 Å². The number of halogens is 1. The molecule has 0 saturated heterocycles. The number of rotatable bonds is 6. The first kappa shape index (κ1) is 15.4. The third-order valence-corrected chi connectivity index (χ3v) is 3.91. The fourth-order valence-electron chi connectivity index (χ4n) is 1.37. The second kappa shape index (κ2) is 9.34. The third-order valence-electron chi connectivity index (χ3n) is 2.23. The minimum atomic E-state index is 0. The van der Waals surface area contributed by atoms with Crippen molar-refractivity contribution in [3.63, 3.8) is 0 Å². The van der Waals surface area contributed by atoms with Crippen LogP contribution in [-0.2, 0) is 15.1 Å². The predicted molar refractivity (Wildman–Crippen MR) is 83.8 cm³/mol. The zero-order valence-corrected chi connectivity index (χ0v) is 12.3. The van der Waals surface area contributed by atoms with E-state index in [1.54, 1.807) is 0 Å². The van der Waals surface area contributed by atoms with Gasteiger partial charge in [-0.25, -0.2) is 3.63 Å². The van der Waals surface area contributed by atoms with Gasteiger partial charge in [0.1, 0.15) is 0 Å². The molecule has 0 amide bonds. The van der Waals surface area contributed by atoms with Gasteiger partial charge >= 0.3 is 0 Å². The average Bonchev–Trinajstić information content (AvgIpc) is 2.41. The first-order chi connectivity index (χ1) is 8.45. The van der Waals surface area contributed by atoms with Crippen LogP contribution < -0.4 is 0 Å². The van der Waals surface area contributed by atoms with E-state index in [1.165, 1.54) is 35.2 Å². The SMILES string of the molecule is Cl.c1ccc(CSOSCc2ccccc2)cc1. The van der Waals surface area contributed by atoms with E-state index in [0.717, 1.165) is 11.5 Å². The summed E-state index contributed by atoms with van der Waals surface area (Å²) in [5.41, 5.74) is 2.58. The minimum absolute atomic E-state index is 0. The van der Waals surface area contributed by atoms with Crippen LogP contribution in [0, 0.1) is 0 Å². The Hall–Kier alpha value is -0.610. The second-order valence-electron chi connectivity index (χ2n) is 3.56. The molecule has 0 aliphatic heterocycles. The maximum absolute atomic E-state index is 5.47. The van der Waals surface area contributed by atoms with Crippen LogP contribution in [0.25, 0.3) is 0 Å². The molecule has 0 unspecified atom stereocenters. The molecule has 0 aromatic heterocycles. The quantitative estimate of drug-likeness (QED) is 0.541. The molecule has 2 aromatic carbocycles. The summed E-state index contributed by atoms with van der Waals surface area (Å²) in [5.74, 6) is 1.78. The average molecular weight is 299 g/mol. The second-order valence-corrected chi connectivity index (χ2v) is 5.16. The topological polar surface area (TPSA) is 9.23 Å². The van der Waals surface area contributed by atoms with Crippen molar-refractivity contribution in [2.45, 2.75) is 11.5 Å². The summed E-state index contributed by atoms with van der Waals surface area (Å²) in [6.45, 7) is 0. The van der Waals surface area contributed by atoms with Crippen LogP contribution in [0.5, 0.6) is 0 Å². The van der Waals surface area contributed by atoms with Crippen molar-refractivity contribution in [1.29, 1.82) is 0 Å². The van der Waals surface area contributed by atoms with Crippen molar-refractivity contribution in [3.05, 3.63) is 71.8 Å². The smallest absolute Gasteiger partial charge is 0.0461 e. The molecule has 0 aliphatic rings. The van der Waals surface area contributed by atoms with Gasteiger partial charge in [0.15, 0.2) is 0 Å². The molecule has 2 aromatic rings. The lowest BCUT2D eigenvalue weighted by Crippen LogP contribution is -1.80. The summed E-state index contributed by atoms with van der Waals surface area (Å²) in [4.78, 5) is 0. The largest absolute Gasteiger partial charge is 0.247 e. The van der Waals surface area contributed by atoms with Gasteiger partial charge in [0.25, 0.3) is 0 Å². The van der Waals surface area contributed by atoms with Crippen LogP contribution in [-0.4, -0.2) is 0 Å². The van der Waals surface area contributed by atoms with Gasteiger partial charge < -0.3 is 0 Å². The first-order valence-corrected chi connectivity index (χ1v) is 7.26. The van der Waals surface area contributed by atoms with Crippen LogP contribution in [0.15, 0.2) is 60.7 Å². The fourth-order valence-corrected chi connectivity index (χ4v) is 2.68. The summed E-state index contributed by atoms with van der Waals surface area (Å²) in [6.07, 6.45) is 0. The van der Waals surface area contributed by atoms with E-state index in [-0.39, 0.29) is 12.4 Å². The van der Waals surface area contributed by atoms with Gasteiger partial charge in [-0.2, -0.15) is 0 Å². The zero-order valence-electron chi connectivity index (χ0n) is 9.82. The molecule has 0 N–H and O–H groups in total. The summed E-state index contributed by atoms with van der Waals surface area (Å²) in [5, 5.41) is 0. The highest BCUT2D eigenvalue weighted by atomic mass is 35.5. The predicted octanol–water partition coefficient (Wildman–Crippen LogP) is 5.12. The Bertz CT molecular complexity index is 381. The Balaban J connectivity index is 0.00000162. The van der Waals surface area contributed by atoms with E-state index in [9.17, 15) is 0 Å². The molecule has 0 atom stereocenters. The molecule has 0 spiro atoms. The van der Waals surface area contributed by atoms with Crippen LogP contribution in [0.4, 0.5) is 0 Å². The van der Waals surface area contributed by atoms with E-state index in [2.05, 4.69) is 24.3 Å². The van der Waals surface area contributed by atoms with Crippen molar-refractivity contribution in [2.75, 3.05) is 0 Å². The highest BCUT2D eigenvalue weighted by Crippen LogP contribution is 2.22. The van der Waals surface area contributed by atoms with E-state index >= 15 is 0 Å². The van der Waals surface area contributed by atoms with Gasteiger partial charge in [0, 0.05) is 35.6 Å². The molecule has 1 nitrogen and oxygen atoms in total. The molecule has 0 radical (unpaired) electrons. The Kier molecular flexibility index (Phi) is 8.01. The minimum Gasteiger partial charge on any atom is -0.247 e. The lowest BCUT2D eigenvalue weighted by Gasteiger charge is -2.02. The van der Waals surface area contributed by atoms with E-state index in [0.29, 0.717) is 0 Å². The van der Waals surface area contributed by atoms with Gasteiger partial charge in [-0.05, 0) is 11.1 Å². The van der Waals surface area contributed by atoms with E-state index in [1.807, 2.05) is 36.4 Å². The molecule has 0 heterocycles. The number of benzene rings is 2. The molecule has 0 aliphatic carbocycles. The van der Waals surface area contributed by atoms with Crippen molar-refractivity contribution >= 4 is 36.5 Å². The standard InChI is InChI=1S/C14H14OS2.ClH/c1-3-7-13(8-4-1)11-16-15-17-12-14-9-5-2-6-10-14;/h1-10H,11-12H2;1H. The monoisotopic (exact) mass is 298 g/mol. The van der Waals surface area contributed by atoms with Gasteiger partial charge in [-0.3, -0.25) is 0 Å². The molecule has 18 heavy (non-hydrogen) atoms. The summed E-state index contributed by atoms with van der Waals surface area (Å²) in [6, 6.07) is 20.7. The lowest BCUT2D eigenvalue weighted by atomic mass is 10.2. The van der Waals surface area contributed by atoms with Crippen LogP contribution >= 0.6 is 36.5 Å². The molecule has 4 heteroatoms. The Morgan fingerprint density at radius 2 is 1.06 bits per heavy atom. The highest BCUT2D eigenvalue weighted by molar-refractivity contribution is 8.07. The van der Waals surface area contributed by atoms with E-state index in [4.69, 9.17) is 3.63 Å². The van der Waals surface area contributed by atoms with Crippen molar-refractivity contribution < 1.29 is 3.63 Å². The number of hydrogen-bond acceptors (Lipinski definition) is 3. The Morgan fingerprint density at radius 1 is 0.667 bits per heavy atom. The molecule has 0 bridgehead atoms. The van der Waals surface area contributed by atoms with Gasteiger partial charge in [0.2, 0.25) is 0 Å². The van der Waals surface area contributed by atoms with Crippen molar-refractivity contribution in [3.8, 4) is 0 Å². The van der Waals surface area contributed by atoms with Crippen LogP contribution in [0.1, 0.15) is 11.1 Å². The number of hydrogen-bond donors (Lipinski definition) is 0. The highest BCUT2D eigenvalue weighted by Gasteiger charge is 1.95. The van der Waals surface area contributed by atoms with Crippen LogP contribution in [0.2, 0.25) is 0 Å². The summed E-state index contributed by atoms with van der Waals surface area (Å²) in [7, 11) is 0. The molecule has 0 fully saturated rings. The Labute approximate surface area is 123 Å². The zero-order chi connectivity index (χ0) is 11.8. The third kappa shape index (κ3) is 5.83. The molecular formula is C14H15ClOS2. The van der Waals surface area contributed by atoms with Crippen molar-refractivity contribution in [2.24, 2.45) is 0 Å². The van der Waals surface area contributed by atoms with Crippen LogP contribution in [0.3, 0.4) is 0 Å². The molecule has 2 rings (SSSR count). The van der Waals surface area contributed by atoms with Gasteiger partial charge in [0.05, 0.1) is 0 Å². The summed E-state index contributed by atoms with van der Waals surface area (Å²) >= 11 is 2.98. The fraction of sp³-hybridized carbons (Fsp3) is 0.143. The maximum atomic E-state index is 5.47. The molecule has 0 saturated carbocycles. The maximum Gasteiger partial charge on any atom is 0.0461 e.